The normalized spacial score (nSPS) is 10.6. The summed E-state index contributed by atoms with van der Waals surface area (Å²) in [7, 11) is 0. The second-order valence-electron chi connectivity index (χ2n) is 4.89. The largest absolute Gasteiger partial charge is 0.462 e. The fourth-order valence-corrected chi connectivity index (χ4v) is 2.14. The van der Waals surface area contributed by atoms with Crippen molar-refractivity contribution in [2.45, 2.75) is 34.4 Å². The van der Waals surface area contributed by atoms with Crippen LogP contribution in [0.4, 0.5) is 0 Å². The summed E-state index contributed by atoms with van der Waals surface area (Å²) in [5.74, 6) is -0.805. The van der Waals surface area contributed by atoms with Gasteiger partial charge in [0.1, 0.15) is 17.8 Å². The number of esters is 2. The van der Waals surface area contributed by atoms with Crippen LogP contribution in [-0.4, -0.2) is 44.7 Å². The molecule has 0 aliphatic carbocycles. The summed E-state index contributed by atoms with van der Waals surface area (Å²) in [6, 6.07) is 0. The van der Waals surface area contributed by atoms with Crippen molar-refractivity contribution in [3.05, 3.63) is 34.9 Å². The second kappa shape index (κ2) is 7.08. The Morgan fingerprint density at radius 1 is 1.09 bits per heavy atom. The van der Waals surface area contributed by atoms with Gasteiger partial charge in [-0.2, -0.15) is 10.2 Å². The second-order valence-corrected chi connectivity index (χ2v) is 4.89. The van der Waals surface area contributed by atoms with E-state index >= 15 is 0 Å². The van der Waals surface area contributed by atoms with Gasteiger partial charge in [-0.05, 0) is 27.7 Å². The Labute approximate surface area is 134 Å². The molecule has 0 saturated heterocycles. The fourth-order valence-electron chi connectivity index (χ4n) is 2.14. The quantitative estimate of drug-likeness (QED) is 0.750. The monoisotopic (exact) mass is 320 g/mol. The van der Waals surface area contributed by atoms with E-state index in [0.29, 0.717) is 35.7 Å². The molecule has 2 aromatic rings. The lowest BCUT2D eigenvalue weighted by atomic mass is 10.3. The topological polar surface area (TPSA) is 88.2 Å². The predicted molar refractivity (Wildman–Crippen MR) is 81.2 cm³/mol. The molecular weight excluding hydrogens is 300 g/mol. The molecule has 2 rings (SSSR count). The molecule has 0 saturated carbocycles. The van der Waals surface area contributed by atoms with E-state index in [0.717, 1.165) is 0 Å². The summed E-state index contributed by atoms with van der Waals surface area (Å²) in [6.45, 7) is 7.92. The number of rotatable bonds is 6. The first-order chi connectivity index (χ1) is 11.0. The SMILES string of the molecule is CCOC(=O)c1cn(Cn2ncc(C(=O)OCC)c2C)nc1C. The number of aromatic nitrogens is 4. The minimum atomic E-state index is -0.403. The smallest absolute Gasteiger partial charge is 0.341 e. The Kier molecular flexibility index (Phi) is 5.15. The van der Waals surface area contributed by atoms with Crippen LogP contribution in [0.5, 0.6) is 0 Å². The van der Waals surface area contributed by atoms with Crippen LogP contribution in [0.3, 0.4) is 0 Å². The molecule has 8 nitrogen and oxygen atoms in total. The van der Waals surface area contributed by atoms with E-state index in [4.69, 9.17) is 9.47 Å². The van der Waals surface area contributed by atoms with Crippen molar-refractivity contribution in [1.82, 2.24) is 19.6 Å². The van der Waals surface area contributed by atoms with Gasteiger partial charge in [0.25, 0.3) is 0 Å². The summed E-state index contributed by atoms with van der Waals surface area (Å²) in [6.07, 6.45) is 3.08. The molecule has 0 bridgehead atoms. The van der Waals surface area contributed by atoms with Gasteiger partial charge in [0.05, 0.1) is 30.8 Å². The van der Waals surface area contributed by atoms with Crippen LogP contribution in [0.1, 0.15) is 46.0 Å². The minimum absolute atomic E-state index is 0.283. The van der Waals surface area contributed by atoms with Gasteiger partial charge in [-0.15, -0.1) is 0 Å². The van der Waals surface area contributed by atoms with Crippen LogP contribution in [0, 0.1) is 13.8 Å². The Balaban J connectivity index is 2.19. The van der Waals surface area contributed by atoms with Crippen LogP contribution in [-0.2, 0) is 16.1 Å². The number of aryl methyl sites for hydroxylation is 1. The zero-order valence-corrected chi connectivity index (χ0v) is 13.7. The molecular formula is C15H20N4O4. The first kappa shape index (κ1) is 16.7. The van der Waals surface area contributed by atoms with Crippen molar-refractivity contribution >= 4 is 11.9 Å². The molecule has 0 N–H and O–H groups in total. The minimum Gasteiger partial charge on any atom is -0.462 e. The molecule has 124 valence electrons. The summed E-state index contributed by atoms with van der Waals surface area (Å²) < 4.78 is 13.2. The number of hydrogen-bond acceptors (Lipinski definition) is 6. The van der Waals surface area contributed by atoms with Gasteiger partial charge >= 0.3 is 11.9 Å². The molecule has 0 radical (unpaired) electrons. The third-order valence-electron chi connectivity index (χ3n) is 3.32. The highest BCUT2D eigenvalue weighted by atomic mass is 16.5. The summed E-state index contributed by atoms with van der Waals surface area (Å²) in [5.41, 5.74) is 2.09. The average Bonchev–Trinajstić information content (AvgIpc) is 3.04. The third kappa shape index (κ3) is 3.58. The van der Waals surface area contributed by atoms with E-state index in [1.165, 1.54) is 6.20 Å². The third-order valence-corrected chi connectivity index (χ3v) is 3.32. The van der Waals surface area contributed by atoms with E-state index in [1.54, 1.807) is 43.3 Å². The van der Waals surface area contributed by atoms with Crippen molar-refractivity contribution in [2.75, 3.05) is 13.2 Å². The van der Waals surface area contributed by atoms with Crippen molar-refractivity contribution in [3.63, 3.8) is 0 Å². The molecule has 0 aliphatic rings. The van der Waals surface area contributed by atoms with Crippen LogP contribution < -0.4 is 0 Å². The van der Waals surface area contributed by atoms with Gasteiger partial charge in [-0.1, -0.05) is 0 Å². The van der Waals surface area contributed by atoms with Gasteiger partial charge in [-0.3, -0.25) is 0 Å². The maximum atomic E-state index is 11.8. The van der Waals surface area contributed by atoms with Crippen molar-refractivity contribution < 1.29 is 19.1 Å². The van der Waals surface area contributed by atoms with Crippen LogP contribution in [0.2, 0.25) is 0 Å². The van der Waals surface area contributed by atoms with Crippen LogP contribution in [0.25, 0.3) is 0 Å². The Morgan fingerprint density at radius 2 is 1.70 bits per heavy atom. The molecule has 0 aromatic carbocycles. The maximum Gasteiger partial charge on any atom is 0.341 e. The Morgan fingerprint density at radius 3 is 2.30 bits per heavy atom. The molecule has 0 spiro atoms. The molecule has 8 heteroatoms. The van der Waals surface area contributed by atoms with E-state index < -0.39 is 11.9 Å². The van der Waals surface area contributed by atoms with Gasteiger partial charge in [0, 0.05) is 6.20 Å². The number of nitrogens with zero attached hydrogens (tertiary/aromatic N) is 4. The summed E-state index contributed by atoms with van der Waals surface area (Å²) in [4.78, 5) is 23.6. The molecule has 2 aromatic heterocycles. The van der Waals surface area contributed by atoms with Gasteiger partial charge in [0.15, 0.2) is 0 Å². The molecule has 0 aliphatic heterocycles. The molecule has 0 fully saturated rings. The fraction of sp³-hybridized carbons (Fsp3) is 0.467. The Hall–Kier alpha value is -2.64. The highest BCUT2D eigenvalue weighted by Crippen LogP contribution is 2.11. The van der Waals surface area contributed by atoms with Crippen LogP contribution in [0.15, 0.2) is 12.4 Å². The van der Waals surface area contributed by atoms with Gasteiger partial charge in [-0.25, -0.2) is 19.0 Å². The lowest BCUT2D eigenvalue weighted by Gasteiger charge is -2.05. The summed E-state index contributed by atoms with van der Waals surface area (Å²) in [5, 5.41) is 8.45. The number of carbonyl (C=O) groups excluding carboxylic acids is 2. The highest BCUT2D eigenvalue weighted by molar-refractivity contribution is 5.90. The van der Waals surface area contributed by atoms with E-state index in [9.17, 15) is 9.59 Å². The maximum absolute atomic E-state index is 11.8. The van der Waals surface area contributed by atoms with E-state index in [-0.39, 0.29) is 6.67 Å². The molecule has 23 heavy (non-hydrogen) atoms. The zero-order chi connectivity index (χ0) is 17.0. The van der Waals surface area contributed by atoms with Crippen molar-refractivity contribution in [1.29, 1.82) is 0 Å². The van der Waals surface area contributed by atoms with Gasteiger partial charge in [0.2, 0.25) is 0 Å². The Bertz CT molecular complexity index is 717. The standard InChI is InChI=1S/C15H20N4O4/c1-5-22-14(20)12-7-16-19(11(12)4)9-18-8-13(10(3)17-18)15(21)23-6-2/h7-8H,5-6,9H2,1-4H3. The van der Waals surface area contributed by atoms with Crippen LogP contribution >= 0.6 is 0 Å². The lowest BCUT2D eigenvalue weighted by Crippen LogP contribution is -2.13. The average molecular weight is 320 g/mol. The highest BCUT2D eigenvalue weighted by Gasteiger charge is 2.17. The first-order valence-corrected chi connectivity index (χ1v) is 7.38. The summed E-state index contributed by atoms with van der Waals surface area (Å²) >= 11 is 0. The zero-order valence-electron chi connectivity index (χ0n) is 13.7. The number of hydrogen-bond donors (Lipinski definition) is 0. The van der Waals surface area contributed by atoms with Crippen molar-refractivity contribution in [3.8, 4) is 0 Å². The van der Waals surface area contributed by atoms with E-state index in [1.807, 2.05) is 0 Å². The molecule has 2 heterocycles. The van der Waals surface area contributed by atoms with E-state index in [2.05, 4.69) is 10.2 Å². The molecule has 0 atom stereocenters. The first-order valence-electron chi connectivity index (χ1n) is 7.38. The molecule has 0 amide bonds. The number of carbonyl (C=O) groups is 2. The lowest BCUT2D eigenvalue weighted by molar-refractivity contribution is 0.0516. The molecule has 0 unspecified atom stereocenters. The number of ether oxygens (including phenoxy) is 2. The van der Waals surface area contributed by atoms with Crippen molar-refractivity contribution in [2.24, 2.45) is 0 Å². The van der Waals surface area contributed by atoms with Gasteiger partial charge < -0.3 is 9.47 Å². The predicted octanol–water partition coefficient (Wildman–Crippen LogP) is 1.56.